The summed E-state index contributed by atoms with van der Waals surface area (Å²) >= 11 is 5.63. The number of nitrogens with zero attached hydrogens (tertiary/aromatic N) is 1. The molecule has 1 heterocycles. The summed E-state index contributed by atoms with van der Waals surface area (Å²) in [4.78, 5) is 0. The lowest BCUT2D eigenvalue weighted by molar-refractivity contribution is 0.624. The van der Waals surface area contributed by atoms with Crippen LogP contribution in [0.25, 0.3) is 0 Å². The number of aromatic nitrogens is 1. The molecule has 0 aliphatic carbocycles. The van der Waals surface area contributed by atoms with Crippen molar-refractivity contribution in [1.29, 1.82) is 0 Å². The molecule has 0 aliphatic rings. The van der Waals surface area contributed by atoms with Crippen LogP contribution in [-0.2, 0) is 6.54 Å². The zero-order valence-corrected chi connectivity index (χ0v) is 10.3. The van der Waals surface area contributed by atoms with Gasteiger partial charge in [-0.1, -0.05) is 17.7 Å². The average Bonchev–Trinajstić information content (AvgIpc) is 2.72. The van der Waals surface area contributed by atoms with E-state index >= 15 is 0 Å². The fourth-order valence-corrected chi connectivity index (χ4v) is 1.79. The Morgan fingerprint density at radius 3 is 2.76 bits per heavy atom. The molecule has 0 fully saturated rings. The van der Waals surface area contributed by atoms with Gasteiger partial charge in [-0.05, 0) is 36.2 Å². The number of rotatable bonds is 3. The van der Waals surface area contributed by atoms with E-state index in [4.69, 9.17) is 17.3 Å². The molecule has 1 aromatic carbocycles. The van der Waals surface area contributed by atoms with Crippen LogP contribution in [0.5, 0.6) is 0 Å². The molecular weight excluding hydrogens is 239 g/mol. The Morgan fingerprint density at radius 2 is 2.18 bits per heavy atom. The maximum Gasteiger partial charge on any atom is 0.142 e. The predicted molar refractivity (Wildman–Crippen MR) is 67.5 cm³/mol. The van der Waals surface area contributed by atoms with Gasteiger partial charge in [-0.15, -0.1) is 0 Å². The normalized spacial score (nSPS) is 12.7. The van der Waals surface area contributed by atoms with Gasteiger partial charge >= 0.3 is 0 Å². The van der Waals surface area contributed by atoms with E-state index in [9.17, 15) is 4.39 Å². The average molecular weight is 253 g/mol. The highest BCUT2D eigenvalue weighted by molar-refractivity contribution is 6.30. The van der Waals surface area contributed by atoms with Gasteiger partial charge in [0.15, 0.2) is 0 Å². The Balaban J connectivity index is 2.16. The van der Waals surface area contributed by atoms with Crippen LogP contribution in [0.2, 0.25) is 5.02 Å². The van der Waals surface area contributed by atoms with Crippen molar-refractivity contribution in [3.05, 3.63) is 58.6 Å². The standard InChI is InChI=1S/C13H14ClFN2/c1-9(16)11-4-5-17(8-11)7-10-2-3-12(14)13(15)6-10/h2-6,8-9H,7,16H2,1H3. The van der Waals surface area contributed by atoms with Crippen LogP contribution in [0.4, 0.5) is 4.39 Å². The largest absolute Gasteiger partial charge is 0.350 e. The maximum atomic E-state index is 13.3. The van der Waals surface area contributed by atoms with E-state index in [-0.39, 0.29) is 16.9 Å². The summed E-state index contributed by atoms with van der Waals surface area (Å²) in [5, 5.41) is 0.150. The van der Waals surface area contributed by atoms with Crippen molar-refractivity contribution >= 4 is 11.6 Å². The summed E-state index contributed by atoms with van der Waals surface area (Å²) in [5.41, 5.74) is 7.72. The monoisotopic (exact) mass is 252 g/mol. The molecule has 90 valence electrons. The molecule has 1 aromatic heterocycles. The zero-order valence-electron chi connectivity index (χ0n) is 9.53. The molecule has 2 aromatic rings. The Labute approximate surface area is 105 Å². The molecule has 17 heavy (non-hydrogen) atoms. The minimum Gasteiger partial charge on any atom is -0.350 e. The number of hydrogen-bond donors (Lipinski definition) is 1. The SMILES string of the molecule is CC(N)c1ccn(Cc2ccc(Cl)c(F)c2)c1. The highest BCUT2D eigenvalue weighted by atomic mass is 35.5. The van der Waals surface area contributed by atoms with Crippen molar-refractivity contribution in [2.45, 2.75) is 19.5 Å². The van der Waals surface area contributed by atoms with Crippen LogP contribution in [-0.4, -0.2) is 4.57 Å². The van der Waals surface area contributed by atoms with E-state index in [1.165, 1.54) is 6.07 Å². The van der Waals surface area contributed by atoms with E-state index in [1.54, 1.807) is 6.07 Å². The van der Waals surface area contributed by atoms with E-state index in [1.807, 2.05) is 36.0 Å². The molecule has 0 aliphatic heterocycles. The number of nitrogens with two attached hydrogens (primary N) is 1. The van der Waals surface area contributed by atoms with Crippen LogP contribution in [0, 0.1) is 5.82 Å². The summed E-state index contributed by atoms with van der Waals surface area (Å²) in [6.45, 7) is 2.54. The summed E-state index contributed by atoms with van der Waals surface area (Å²) in [6, 6.07) is 6.82. The second kappa shape index (κ2) is 4.90. The van der Waals surface area contributed by atoms with Crippen molar-refractivity contribution in [2.75, 3.05) is 0 Å². The van der Waals surface area contributed by atoms with Crippen molar-refractivity contribution in [3.8, 4) is 0 Å². The van der Waals surface area contributed by atoms with Crippen LogP contribution >= 0.6 is 11.6 Å². The van der Waals surface area contributed by atoms with Crippen molar-refractivity contribution in [1.82, 2.24) is 4.57 Å². The highest BCUT2D eigenvalue weighted by Gasteiger charge is 2.04. The Bertz CT molecular complexity index is 520. The summed E-state index contributed by atoms with van der Waals surface area (Å²) in [5.74, 6) is -0.385. The topological polar surface area (TPSA) is 30.9 Å². The Morgan fingerprint density at radius 1 is 1.41 bits per heavy atom. The molecule has 1 unspecified atom stereocenters. The van der Waals surface area contributed by atoms with Crippen molar-refractivity contribution in [2.24, 2.45) is 5.73 Å². The third-order valence-corrected chi connectivity index (χ3v) is 2.95. The maximum absolute atomic E-state index is 13.3. The second-order valence-corrected chi connectivity index (χ2v) is 4.56. The quantitative estimate of drug-likeness (QED) is 0.892. The van der Waals surface area contributed by atoms with Crippen LogP contribution in [0.3, 0.4) is 0 Å². The van der Waals surface area contributed by atoms with Gasteiger partial charge in [-0.2, -0.15) is 0 Å². The van der Waals surface area contributed by atoms with Crippen molar-refractivity contribution in [3.63, 3.8) is 0 Å². The summed E-state index contributed by atoms with van der Waals surface area (Å²) in [6.07, 6.45) is 3.91. The molecular formula is C13H14ClFN2. The first kappa shape index (κ1) is 12.1. The number of hydrogen-bond acceptors (Lipinski definition) is 1. The third kappa shape index (κ3) is 2.87. The van der Waals surface area contributed by atoms with Gasteiger partial charge in [0, 0.05) is 25.0 Å². The van der Waals surface area contributed by atoms with E-state index in [0.717, 1.165) is 11.1 Å². The molecule has 1 atom stereocenters. The second-order valence-electron chi connectivity index (χ2n) is 4.15. The van der Waals surface area contributed by atoms with Gasteiger partial charge in [0.05, 0.1) is 5.02 Å². The fourth-order valence-electron chi connectivity index (χ4n) is 1.68. The van der Waals surface area contributed by atoms with E-state index in [0.29, 0.717) is 6.54 Å². The Kier molecular flexibility index (Phi) is 3.50. The lowest BCUT2D eigenvalue weighted by atomic mass is 10.2. The third-order valence-electron chi connectivity index (χ3n) is 2.65. The van der Waals surface area contributed by atoms with E-state index in [2.05, 4.69) is 0 Å². The molecule has 0 spiro atoms. The molecule has 2 rings (SSSR count). The Hall–Kier alpha value is -1.32. The molecule has 0 saturated heterocycles. The first-order valence-electron chi connectivity index (χ1n) is 5.41. The fraction of sp³-hybridized carbons (Fsp3) is 0.231. The minimum absolute atomic E-state index is 0.0122. The minimum atomic E-state index is -0.385. The first-order valence-corrected chi connectivity index (χ1v) is 5.79. The first-order chi connectivity index (χ1) is 8.06. The molecule has 4 heteroatoms. The van der Waals surface area contributed by atoms with Crippen LogP contribution in [0.15, 0.2) is 36.7 Å². The highest BCUT2D eigenvalue weighted by Crippen LogP contribution is 2.17. The van der Waals surface area contributed by atoms with Gasteiger partial charge < -0.3 is 10.3 Å². The summed E-state index contributed by atoms with van der Waals surface area (Å²) < 4.78 is 15.2. The lowest BCUT2D eigenvalue weighted by Crippen LogP contribution is -2.04. The molecule has 0 amide bonds. The molecule has 2 nitrogen and oxygen atoms in total. The smallest absolute Gasteiger partial charge is 0.142 e. The van der Waals surface area contributed by atoms with Gasteiger partial charge in [0.25, 0.3) is 0 Å². The summed E-state index contributed by atoms with van der Waals surface area (Å²) in [7, 11) is 0. The van der Waals surface area contributed by atoms with Gasteiger partial charge in [-0.25, -0.2) is 4.39 Å². The molecule has 2 N–H and O–H groups in total. The number of benzene rings is 1. The van der Waals surface area contributed by atoms with Gasteiger partial charge in [0.1, 0.15) is 5.82 Å². The van der Waals surface area contributed by atoms with Crippen molar-refractivity contribution < 1.29 is 4.39 Å². The van der Waals surface area contributed by atoms with E-state index < -0.39 is 0 Å². The molecule has 0 radical (unpaired) electrons. The van der Waals surface area contributed by atoms with Gasteiger partial charge in [0.2, 0.25) is 0 Å². The number of halogens is 2. The van der Waals surface area contributed by atoms with Crippen LogP contribution < -0.4 is 5.73 Å². The zero-order chi connectivity index (χ0) is 12.4. The lowest BCUT2D eigenvalue weighted by Gasteiger charge is -2.05. The molecule has 0 bridgehead atoms. The van der Waals surface area contributed by atoms with Crippen LogP contribution in [0.1, 0.15) is 24.1 Å². The van der Waals surface area contributed by atoms with Gasteiger partial charge in [-0.3, -0.25) is 0 Å². The predicted octanol–water partition coefficient (Wildman–Crippen LogP) is 3.35. The molecule has 0 saturated carbocycles.